The molecule has 1 aromatic rings. The van der Waals surface area contributed by atoms with Gasteiger partial charge in [-0.15, -0.1) is 0 Å². The first-order chi connectivity index (χ1) is 7.30. The first-order valence-corrected chi connectivity index (χ1v) is 5.14. The maximum Gasteiger partial charge on any atom is 0.316 e. The molecule has 3 heteroatoms. The van der Waals surface area contributed by atoms with Crippen molar-refractivity contribution in [3.63, 3.8) is 0 Å². The van der Waals surface area contributed by atoms with E-state index in [9.17, 15) is 4.79 Å². The number of aromatic nitrogens is 1. The number of hydrogen-bond donors (Lipinski definition) is 0. The normalized spacial score (nSPS) is 11.0. The number of carbonyl (C=O) groups excluding carboxylic acids is 1. The van der Waals surface area contributed by atoms with E-state index in [1.54, 1.807) is 12.3 Å². The average Bonchev–Trinajstić information content (AvgIpc) is 2.16. The number of esters is 1. The quantitative estimate of drug-likeness (QED) is 0.717. The number of ether oxygens (including phenoxy) is 1. The second-order valence-electron chi connectivity index (χ2n) is 4.83. The lowest BCUT2D eigenvalue weighted by Gasteiger charge is -2.16. The topological polar surface area (TPSA) is 39.2 Å². The first kappa shape index (κ1) is 12.4. The molecular weight excluding hydrogens is 202 g/mol. The van der Waals surface area contributed by atoms with Crippen LogP contribution in [0.1, 0.15) is 33.3 Å². The number of nitrogens with zero attached hydrogens (tertiary/aromatic N) is 1. The van der Waals surface area contributed by atoms with Gasteiger partial charge in [-0.25, -0.2) is 0 Å². The fourth-order valence-corrected chi connectivity index (χ4v) is 0.968. The van der Waals surface area contributed by atoms with Crippen molar-refractivity contribution in [3.8, 4) is 5.75 Å². The SMILES string of the molecule is C=C(C)c1cncc(OC(=O)C(C)(C)C)c1. The van der Waals surface area contributed by atoms with Gasteiger partial charge in [0.05, 0.1) is 11.6 Å². The van der Waals surface area contributed by atoms with Gasteiger partial charge in [0.15, 0.2) is 0 Å². The third-order valence-corrected chi connectivity index (χ3v) is 2.03. The number of carbonyl (C=O) groups is 1. The molecule has 0 bridgehead atoms. The minimum atomic E-state index is -0.515. The van der Waals surface area contributed by atoms with E-state index >= 15 is 0 Å². The molecule has 0 N–H and O–H groups in total. The molecule has 16 heavy (non-hydrogen) atoms. The van der Waals surface area contributed by atoms with Crippen molar-refractivity contribution in [2.45, 2.75) is 27.7 Å². The van der Waals surface area contributed by atoms with Crippen LogP contribution in [0, 0.1) is 5.41 Å². The second-order valence-corrected chi connectivity index (χ2v) is 4.83. The van der Waals surface area contributed by atoms with Crippen LogP contribution in [-0.4, -0.2) is 11.0 Å². The highest BCUT2D eigenvalue weighted by molar-refractivity contribution is 5.78. The van der Waals surface area contributed by atoms with Crippen LogP contribution in [0.5, 0.6) is 5.75 Å². The van der Waals surface area contributed by atoms with Crippen LogP contribution >= 0.6 is 0 Å². The fraction of sp³-hybridized carbons (Fsp3) is 0.385. The molecule has 0 atom stereocenters. The summed E-state index contributed by atoms with van der Waals surface area (Å²) in [6.45, 7) is 11.1. The lowest BCUT2D eigenvalue weighted by molar-refractivity contribution is -0.143. The number of hydrogen-bond acceptors (Lipinski definition) is 3. The van der Waals surface area contributed by atoms with Gasteiger partial charge >= 0.3 is 5.97 Å². The number of allylic oxidation sites excluding steroid dienone is 1. The van der Waals surface area contributed by atoms with Crippen LogP contribution in [0.4, 0.5) is 0 Å². The largest absolute Gasteiger partial charge is 0.424 e. The summed E-state index contributed by atoms with van der Waals surface area (Å²) in [6, 6.07) is 1.76. The summed E-state index contributed by atoms with van der Waals surface area (Å²) in [4.78, 5) is 15.6. The third kappa shape index (κ3) is 3.19. The summed E-state index contributed by atoms with van der Waals surface area (Å²) in [5.41, 5.74) is 1.25. The predicted octanol–water partition coefficient (Wildman–Crippen LogP) is 3.07. The van der Waals surface area contributed by atoms with E-state index in [0.29, 0.717) is 5.75 Å². The maximum absolute atomic E-state index is 11.6. The molecule has 3 nitrogen and oxygen atoms in total. The molecule has 1 rings (SSSR count). The molecule has 1 heterocycles. The van der Waals surface area contributed by atoms with Gasteiger partial charge in [0, 0.05) is 6.20 Å². The van der Waals surface area contributed by atoms with Crippen LogP contribution < -0.4 is 4.74 Å². The summed E-state index contributed by atoms with van der Waals surface area (Å²) >= 11 is 0. The summed E-state index contributed by atoms with van der Waals surface area (Å²) in [6.07, 6.45) is 3.22. The number of rotatable bonds is 2. The zero-order valence-corrected chi connectivity index (χ0v) is 10.2. The van der Waals surface area contributed by atoms with Gasteiger partial charge in [-0.3, -0.25) is 9.78 Å². The zero-order chi connectivity index (χ0) is 12.3. The summed E-state index contributed by atoms with van der Waals surface area (Å²) in [5, 5.41) is 0. The average molecular weight is 219 g/mol. The van der Waals surface area contributed by atoms with Gasteiger partial charge in [0.25, 0.3) is 0 Å². The van der Waals surface area contributed by atoms with Crippen LogP contribution in [0.25, 0.3) is 5.57 Å². The Balaban J connectivity index is 2.87. The molecule has 0 saturated heterocycles. The Morgan fingerprint density at radius 1 is 1.38 bits per heavy atom. The van der Waals surface area contributed by atoms with E-state index in [1.165, 1.54) is 6.20 Å². The van der Waals surface area contributed by atoms with Crippen molar-refractivity contribution in [1.29, 1.82) is 0 Å². The minimum absolute atomic E-state index is 0.270. The lowest BCUT2D eigenvalue weighted by atomic mass is 9.97. The fourth-order valence-electron chi connectivity index (χ4n) is 0.968. The van der Waals surface area contributed by atoms with E-state index < -0.39 is 5.41 Å². The molecule has 0 fully saturated rings. The van der Waals surface area contributed by atoms with E-state index in [0.717, 1.165) is 11.1 Å². The molecule has 0 aliphatic rings. The summed E-state index contributed by atoms with van der Waals surface area (Å²) in [5.74, 6) is 0.189. The monoisotopic (exact) mass is 219 g/mol. The van der Waals surface area contributed by atoms with Crippen LogP contribution in [-0.2, 0) is 4.79 Å². The Morgan fingerprint density at radius 2 is 2.00 bits per heavy atom. The van der Waals surface area contributed by atoms with Gasteiger partial charge in [0.2, 0.25) is 0 Å². The number of pyridine rings is 1. The van der Waals surface area contributed by atoms with Crippen molar-refractivity contribution in [2.75, 3.05) is 0 Å². The Kier molecular flexibility index (Phi) is 3.48. The highest BCUT2D eigenvalue weighted by Crippen LogP contribution is 2.21. The Labute approximate surface area is 96.2 Å². The molecule has 0 amide bonds. The molecule has 86 valence electrons. The lowest BCUT2D eigenvalue weighted by Crippen LogP contribution is -2.25. The minimum Gasteiger partial charge on any atom is -0.424 e. The molecule has 0 spiro atoms. The van der Waals surface area contributed by atoms with Crippen molar-refractivity contribution in [3.05, 3.63) is 30.6 Å². The highest BCUT2D eigenvalue weighted by Gasteiger charge is 2.23. The molecule has 0 unspecified atom stereocenters. The van der Waals surface area contributed by atoms with E-state index in [-0.39, 0.29) is 5.97 Å². The van der Waals surface area contributed by atoms with Crippen molar-refractivity contribution in [1.82, 2.24) is 4.98 Å². The molecule has 0 aliphatic carbocycles. The highest BCUT2D eigenvalue weighted by atomic mass is 16.5. The molecule has 0 aromatic carbocycles. The Hall–Kier alpha value is -1.64. The van der Waals surface area contributed by atoms with Crippen LogP contribution in [0.2, 0.25) is 0 Å². The van der Waals surface area contributed by atoms with Crippen molar-refractivity contribution < 1.29 is 9.53 Å². The maximum atomic E-state index is 11.6. The van der Waals surface area contributed by atoms with E-state index in [1.807, 2.05) is 27.7 Å². The van der Waals surface area contributed by atoms with Gasteiger partial charge in [-0.05, 0) is 44.9 Å². The van der Waals surface area contributed by atoms with Crippen molar-refractivity contribution >= 4 is 11.5 Å². The second kappa shape index (κ2) is 4.47. The molecule has 0 radical (unpaired) electrons. The van der Waals surface area contributed by atoms with Gasteiger partial charge in [-0.2, -0.15) is 0 Å². The standard InChI is InChI=1S/C13H17NO2/c1-9(2)10-6-11(8-14-7-10)16-12(15)13(3,4)5/h6-8H,1H2,2-5H3. The van der Waals surface area contributed by atoms with E-state index in [4.69, 9.17) is 4.74 Å². The first-order valence-electron chi connectivity index (χ1n) is 5.14. The summed E-state index contributed by atoms with van der Waals surface area (Å²) in [7, 11) is 0. The van der Waals surface area contributed by atoms with Crippen molar-refractivity contribution in [2.24, 2.45) is 5.41 Å². The Bertz CT molecular complexity index is 416. The predicted molar refractivity (Wildman–Crippen MR) is 64.0 cm³/mol. The van der Waals surface area contributed by atoms with Crippen LogP contribution in [0.3, 0.4) is 0 Å². The van der Waals surface area contributed by atoms with Gasteiger partial charge in [0.1, 0.15) is 5.75 Å². The zero-order valence-electron chi connectivity index (χ0n) is 10.2. The van der Waals surface area contributed by atoms with Crippen LogP contribution in [0.15, 0.2) is 25.0 Å². The summed E-state index contributed by atoms with van der Waals surface area (Å²) < 4.78 is 5.23. The van der Waals surface area contributed by atoms with Gasteiger partial charge < -0.3 is 4.74 Å². The molecule has 0 saturated carbocycles. The molecular formula is C13H17NO2. The Morgan fingerprint density at radius 3 is 2.50 bits per heavy atom. The van der Waals surface area contributed by atoms with Gasteiger partial charge in [-0.1, -0.05) is 6.58 Å². The molecule has 0 aliphatic heterocycles. The smallest absolute Gasteiger partial charge is 0.316 e. The van der Waals surface area contributed by atoms with E-state index in [2.05, 4.69) is 11.6 Å². The third-order valence-electron chi connectivity index (χ3n) is 2.03. The molecule has 1 aromatic heterocycles.